The Morgan fingerprint density at radius 2 is 0.800 bits per heavy atom. The first-order valence-electron chi connectivity index (χ1n) is 13.4. The van der Waals surface area contributed by atoms with Crippen LogP contribution in [0.15, 0.2) is 140 Å². The van der Waals surface area contributed by atoms with Crippen LogP contribution in [0.2, 0.25) is 32.7 Å². The third-order valence-electron chi connectivity index (χ3n) is 6.84. The standard InChI is InChI=1S/C31H42O4Si5/c1-10-37(7,11-2)32-36(5,6)33-40(30-25-19-15-20-26-30,31-27-21-16-22-28-31)35-39(9,29-23-17-14-18-24-29)34-38(8,12-3)13-4/h10-28H,1-4H2,5-9H3. The molecule has 0 aliphatic heterocycles. The minimum absolute atomic E-state index is 0.991. The molecule has 0 fully saturated rings. The van der Waals surface area contributed by atoms with Crippen LogP contribution in [0.25, 0.3) is 0 Å². The summed E-state index contributed by atoms with van der Waals surface area (Å²) in [6, 6.07) is 30.7. The van der Waals surface area contributed by atoms with Crippen LogP contribution in [0.1, 0.15) is 0 Å². The summed E-state index contributed by atoms with van der Waals surface area (Å²) in [5, 5.41) is 3.00. The average molecular weight is 619 g/mol. The van der Waals surface area contributed by atoms with Crippen LogP contribution < -0.4 is 15.6 Å². The van der Waals surface area contributed by atoms with Crippen molar-refractivity contribution in [2.75, 3.05) is 0 Å². The topological polar surface area (TPSA) is 36.9 Å². The monoisotopic (exact) mass is 618 g/mol. The highest BCUT2D eigenvalue weighted by Crippen LogP contribution is 2.28. The van der Waals surface area contributed by atoms with Gasteiger partial charge in [0, 0.05) is 0 Å². The maximum Gasteiger partial charge on any atom is 0.389 e. The summed E-state index contributed by atoms with van der Waals surface area (Å²) in [4.78, 5) is 0. The van der Waals surface area contributed by atoms with E-state index in [0.717, 1.165) is 15.6 Å². The zero-order valence-electron chi connectivity index (χ0n) is 24.4. The molecule has 1 atom stereocenters. The molecule has 0 aliphatic rings. The van der Waals surface area contributed by atoms with Crippen molar-refractivity contribution in [1.29, 1.82) is 0 Å². The molecule has 3 aromatic carbocycles. The van der Waals surface area contributed by atoms with E-state index in [2.05, 4.69) is 95.4 Å². The van der Waals surface area contributed by atoms with Gasteiger partial charge in [-0.2, -0.15) is 0 Å². The summed E-state index contributed by atoms with van der Waals surface area (Å²) in [7, 11) is -14.5. The smallest absolute Gasteiger partial charge is 0.389 e. The molecule has 210 valence electrons. The van der Waals surface area contributed by atoms with Gasteiger partial charge in [0.1, 0.15) is 0 Å². The molecule has 0 saturated heterocycles. The highest BCUT2D eigenvalue weighted by Gasteiger charge is 2.55. The van der Waals surface area contributed by atoms with Gasteiger partial charge in [0.2, 0.25) is 16.6 Å². The minimum Gasteiger partial charge on any atom is -0.430 e. The first-order valence-corrected chi connectivity index (χ1v) is 25.5. The molecule has 9 heteroatoms. The molecule has 0 radical (unpaired) electrons. The van der Waals surface area contributed by atoms with Crippen LogP contribution in [-0.4, -0.2) is 42.3 Å². The fourth-order valence-corrected chi connectivity index (χ4v) is 25.6. The zero-order valence-corrected chi connectivity index (χ0v) is 29.4. The van der Waals surface area contributed by atoms with Crippen LogP contribution in [-0.2, 0) is 16.5 Å². The molecule has 0 spiro atoms. The van der Waals surface area contributed by atoms with E-state index in [1.54, 1.807) is 0 Å². The van der Waals surface area contributed by atoms with Gasteiger partial charge < -0.3 is 16.5 Å². The molecule has 40 heavy (non-hydrogen) atoms. The van der Waals surface area contributed by atoms with Crippen LogP contribution in [0.5, 0.6) is 0 Å². The van der Waals surface area contributed by atoms with Crippen molar-refractivity contribution in [1.82, 2.24) is 0 Å². The zero-order chi connectivity index (χ0) is 29.5. The Morgan fingerprint density at radius 3 is 1.18 bits per heavy atom. The average Bonchev–Trinajstić information content (AvgIpc) is 2.97. The second-order valence-corrected chi connectivity index (χ2v) is 27.9. The van der Waals surface area contributed by atoms with E-state index in [9.17, 15) is 0 Å². The normalized spacial score (nSPS) is 14.1. The maximum atomic E-state index is 7.59. The van der Waals surface area contributed by atoms with Crippen molar-refractivity contribution in [2.24, 2.45) is 0 Å². The van der Waals surface area contributed by atoms with E-state index < -0.39 is 42.3 Å². The number of hydrogen-bond donors (Lipinski definition) is 0. The second-order valence-electron chi connectivity index (χ2n) is 10.7. The number of hydrogen-bond acceptors (Lipinski definition) is 4. The highest BCUT2D eigenvalue weighted by atomic mass is 28.5. The van der Waals surface area contributed by atoms with Gasteiger partial charge in [-0.25, -0.2) is 0 Å². The van der Waals surface area contributed by atoms with Crippen LogP contribution >= 0.6 is 0 Å². The van der Waals surface area contributed by atoms with Gasteiger partial charge in [-0.1, -0.05) is 114 Å². The molecule has 0 N–H and O–H groups in total. The molecule has 0 aromatic heterocycles. The Balaban J connectivity index is 2.33. The molecule has 1 unspecified atom stereocenters. The minimum atomic E-state index is -3.47. The highest BCUT2D eigenvalue weighted by molar-refractivity contribution is 7.05. The van der Waals surface area contributed by atoms with Crippen LogP contribution in [0.3, 0.4) is 0 Å². The molecule has 0 heterocycles. The van der Waals surface area contributed by atoms with Crippen molar-refractivity contribution in [2.45, 2.75) is 32.7 Å². The van der Waals surface area contributed by atoms with E-state index in [-0.39, 0.29) is 0 Å². The van der Waals surface area contributed by atoms with Gasteiger partial charge in [-0.05, 0) is 48.3 Å². The van der Waals surface area contributed by atoms with E-state index in [1.807, 2.05) is 77.4 Å². The van der Waals surface area contributed by atoms with Gasteiger partial charge in [0.25, 0.3) is 0 Å². The van der Waals surface area contributed by atoms with Crippen molar-refractivity contribution < 1.29 is 16.5 Å². The molecule has 0 saturated carbocycles. The lowest BCUT2D eigenvalue weighted by Crippen LogP contribution is -2.74. The summed E-state index contributed by atoms with van der Waals surface area (Å²) in [6.07, 6.45) is 0. The van der Waals surface area contributed by atoms with Crippen LogP contribution in [0.4, 0.5) is 0 Å². The Morgan fingerprint density at radius 1 is 0.450 bits per heavy atom. The van der Waals surface area contributed by atoms with E-state index >= 15 is 0 Å². The third kappa shape index (κ3) is 7.43. The number of benzene rings is 3. The first-order chi connectivity index (χ1) is 18.9. The quantitative estimate of drug-likeness (QED) is 0.195. The molecule has 3 rings (SSSR count). The molecule has 0 amide bonds. The van der Waals surface area contributed by atoms with Gasteiger partial charge in [-0.3, -0.25) is 0 Å². The van der Waals surface area contributed by atoms with E-state index in [0.29, 0.717) is 0 Å². The maximum absolute atomic E-state index is 7.59. The van der Waals surface area contributed by atoms with Crippen molar-refractivity contribution >= 4 is 57.9 Å². The van der Waals surface area contributed by atoms with Gasteiger partial charge in [0.15, 0.2) is 0 Å². The summed E-state index contributed by atoms with van der Waals surface area (Å²) in [5.74, 6) is 0. The molecular formula is C31H42O4Si5. The Labute approximate surface area is 246 Å². The van der Waals surface area contributed by atoms with E-state index in [4.69, 9.17) is 16.5 Å². The molecule has 4 nitrogen and oxygen atoms in total. The number of rotatable bonds is 15. The summed E-state index contributed by atoms with van der Waals surface area (Å²) >= 11 is 0. The second kappa shape index (κ2) is 13.0. The Bertz CT molecular complexity index is 1250. The molecule has 0 bridgehead atoms. The summed E-state index contributed by atoms with van der Waals surface area (Å²) in [6.45, 7) is 26.7. The fraction of sp³-hybridized carbons (Fsp3) is 0.161. The molecular weight excluding hydrogens is 577 g/mol. The Kier molecular flexibility index (Phi) is 10.4. The summed E-state index contributed by atoms with van der Waals surface area (Å²) < 4.78 is 28.9. The van der Waals surface area contributed by atoms with Gasteiger partial charge in [-0.15, -0.1) is 26.3 Å². The Hall–Kier alpha value is -2.46. The van der Waals surface area contributed by atoms with Crippen LogP contribution in [0, 0.1) is 0 Å². The largest absolute Gasteiger partial charge is 0.430 e. The molecule has 3 aromatic rings. The first kappa shape index (κ1) is 32.1. The summed E-state index contributed by atoms with van der Waals surface area (Å²) in [5.41, 5.74) is 7.59. The van der Waals surface area contributed by atoms with Gasteiger partial charge >= 0.3 is 25.7 Å². The van der Waals surface area contributed by atoms with Crippen molar-refractivity contribution in [3.63, 3.8) is 0 Å². The predicted octanol–water partition coefficient (Wildman–Crippen LogP) is 6.04. The predicted molar refractivity (Wildman–Crippen MR) is 181 cm³/mol. The SMILES string of the molecule is C=C[Si](C)(C=C)O[Si](C)(C)O[Si](O[Si](C)(O[Si](C)(C=C)C=C)c1ccccc1)(c1ccccc1)c1ccccc1. The van der Waals surface area contributed by atoms with Crippen molar-refractivity contribution in [3.8, 4) is 0 Å². The fourth-order valence-electron chi connectivity index (χ4n) is 4.54. The lowest BCUT2D eigenvalue weighted by Gasteiger charge is -2.46. The lowest BCUT2D eigenvalue weighted by molar-refractivity contribution is 0.317. The molecule has 0 aliphatic carbocycles. The van der Waals surface area contributed by atoms with Crippen molar-refractivity contribution in [3.05, 3.63) is 140 Å². The van der Waals surface area contributed by atoms with Gasteiger partial charge in [0.05, 0.1) is 0 Å². The lowest BCUT2D eigenvalue weighted by atomic mass is 10.4. The third-order valence-corrected chi connectivity index (χ3v) is 26.5. The van der Waals surface area contributed by atoms with E-state index in [1.165, 1.54) is 0 Å².